The SMILES string of the molecule is CC1=C(C(=O)N2C(=O)OC[C@@H]2c2ccccc2)[C@H]2[C@@H](C1=O)[C@@H]1C=C[C@H]2C1. The first-order valence-corrected chi connectivity index (χ1v) is 9.06. The fourth-order valence-electron chi connectivity index (χ4n) is 5.21. The normalized spacial score (nSPS) is 34.7. The van der Waals surface area contributed by atoms with E-state index in [-0.39, 0.29) is 42.0 Å². The van der Waals surface area contributed by atoms with Crippen LogP contribution < -0.4 is 0 Å². The highest BCUT2D eigenvalue weighted by atomic mass is 16.6. The number of Topliss-reactive ketones (excluding diaryl/α,β-unsaturated/α-hetero) is 1. The third kappa shape index (κ3) is 1.94. The van der Waals surface area contributed by atoms with Crippen LogP contribution >= 0.6 is 0 Å². The second-order valence-corrected chi connectivity index (χ2v) is 7.58. The van der Waals surface area contributed by atoms with E-state index >= 15 is 0 Å². The van der Waals surface area contributed by atoms with Crippen molar-refractivity contribution >= 4 is 17.8 Å². The number of ether oxygens (including phenoxy) is 1. The number of carbonyl (C=O) groups excluding carboxylic acids is 3. The molecule has 2 fully saturated rings. The molecule has 4 aliphatic rings. The standard InChI is InChI=1S/C21H19NO4/c1-11-16(17-13-7-8-14(9-13)18(17)19(11)23)20(24)22-15(10-26-21(22)25)12-5-3-2-4-6-12/h2-8,13-15,17-18H,9-10H2,1H3/t13-,14+,15+,17-,18-/m0/s1. The number of amides is 2. The van der Waals surface area contributed by atoms with Gasteiger partial charge in [0.15, 0.2) is 5.78 Å². The molecule has 1 heterocycles. The Balaban J connectivity index is 1.53. The number of imide groups is 1. The molecule has 2 amide bonds. The summed E-state index contributed by atoms with van der Waals surface area (Å²) in [5.41, 5.74) is 1.91. The maximum absolute atomic E-state index is 13.4. The van der Waals surface area contributed by atoms with E-state index in [1.54, 1.807) is 6.92 Å². The maximum atomic E-state index is 13.4. The summed E-state index contributed by atoms with van der Waals surface area (Å²) in [6.45, 7) is 1.88. The van der Waals surface area contributed by atoms with Crippen LogP contribution in [0.2, 0.25) is 0 Å². The Morgan fingerprint density at radius 3 is 2.50 bits per heavy atom. The van der Waals surface area contributed by atoms with Gasteiger partial charge in [0.25, 0.3) is 5.91 Å². The monoisotopic (exact) mass is 349 g/mol. The maximum Gasteiger partial charge on any atom is 0.417 e. The van der Waals surface area contributed by atoms with Gasteiger partial charge in [0.2, 0.25) is 0 Å². The van der Waals surface area contributed by atoms with E-state index in [2.05, 4.69) is 12.2 Å². The Bertz CT molecular complexity index is 885. The Morgan fingerprint density at radius 1 is 1.08 bits per heavy atom. The molecule has 0 N–H and O–H groups in total. The fourth-order valence-corrected chi connectivity index (χ4v) is 5.21. The van der Waals surface area contributed by atoms with Crippen LogP contribution in [0.3, 0.4) is 0 Å². The lowest BCUT2D eigenvalue weighted by atomic mass is 9.81. The average molecular weight is 349 g/mol. The van der Waals surface area contributed by atoms with Gasteiger partial charge in [-0.1, -0.05) is 42.5 Å². The van der Waals surface area contributed by atoms with Gasteiger partial charge in [-0.25, -0.2) is 9.69 Å². The van der Waals surface area contributed by atoms with Gasteiger partial charge in [-0.15, -0.1) is 0 Å². The Labute approximate surface area is 151 Å². The number of carbonyl (C=O) groups is 3. The lowest BCUT2D eigenvalue weighted by molar-refractivity contribution is -0.126. The third-order valence-corrected chi connectivity index (χ3v) is 6.38. The fraction of sp³-hybridized carbons (Fsp3) is 0.381. The summed E-state index contributed by atoms with van der Waals surface area (Å²) in [7, 11) is 0. The first-order valence-electron chi connectivity index (χ1n) is 9.06. The van der Waals surface area contributed by atoms with Gasteiger partial charge in [-0.05, 0) is 30.7 Å². The van der Waals surface area contributed by atoms with E-state index in [1.807, 2.05) is 30.3 Å². The molecule has 0 radical (unpaired) electrons. The van der Waals surface area contributed by atoms with Crippen molar-refractivity contribution in [2.75, 3.05) is 6.61 Å². The van der Waals surface area contributed by atoms with Crippen LogP contribution in [0.4, 0.5) is 4.79 Å². The van der Waals surface area contributed by atoms with Crippen LogP contribution in [-0.4, -0.2) is 29.3 Å². The molecule has 3 aliphatic carbocycles. The molecule has 0 spiro atoms. The van der Waals surface area contributed by atoms with E-state index in [9.17, 15) is 14.4 Å². The zero-order valence-electron chi connectivity index (χ0n) is 14.4. The van der Waals surface area contributed by atoms with E-state index < -0.39 is 12.1 Å². The van der Waals surface area contributed by atoms with Crippen molar-refractivity contribution < 1.29 is 19.1 Å². The third-order valence-electron chi connectivity index (χ3n) is 6.38. The number of hydrogen-bond acceptors (Lipinski definition) is 4. The van der Waals surface area contributed by atoms with E-state index in [4.69, 9.17) is 4.74 Å². The highest BCUT2D eigenvalue weighted by Crippen LogP contribution is 2.56. The Kier molecular flexibility index (Phi) is 3.23. The molecule has 0 aromatic heterocycles. The van der Waals surface area contributed by atoms with Gasteiger partial charge < -0.3 is 4.74 Å². The first kappa shape index (κ1) is 15.6. The Morgan fingerprint density at radius 2 is 1.77 bits per heavy atom. The van der Waals surface area contributed by atoms with Crippen molar-refractivity contribution in [1.82, 2.24) is 4.90 Å². The van der Waals surface area contributed by atoms with Crippen molar-refractivity contribution in [2.45, 2.75) is 19.4 Å². The minimum Gasteiger partial charge on any atom is -0.446 e. The quantitative estimate of drug-likeness (QED) is 0.770. The van der Waals surface area contributed by atoms with Gasteiger partial charge in [0, 0.05) is 23.0 Å². The number of ketones is 1. The molecule has 1 saturated carbocycles. The smallest absolute Gasteiger partial charge is 0.417 e. The molecular formula is C21H19NO4. The average Bonchev–Trinajstić information content (AvgIpc) is 3.39. The van der Waals surface area contributed by atoms with Crippen molar-refractivity contribution in [3.63, 3.8) is 0 Å². The molecule has 5 rings (SSSR count). The minimum absolute atomic E-state index is 0.0685. The van der Waals surface area contributed by atoms with E-state index in [0.717, 1.165) is 12.0 Å². The molecule has 1 aliphatic heterocycles. The van der Waals surface area contributed by atoms with Crippen molar-refractivity contribution in [3.05, 3.63) is 59.2 Å². The number of allylic oxidation sites excluding steroid dienone is 3. The number of rotatable bonds is 2. The number of fused-ring (bicyclic) bond motifs is 5. The second kappa shape index (κ2) is 5.40. The predicted molar refractivity (Wildman–Crippen MR) is 92.8 cm³/mol. The summed E-state index contributed by atoms with van der Waals surface area (Å²) < 4.78 is 5.19. The van der Waals surface area contributed by atoms with Gasteiger partial charge in [0.05, 0.1) is 0 Å². The number of hydrogen-bond donors (Lipinski definition) is 0. The molecule has 5 atom stereocenters. The molecule has 132 valence electrons. The highest BCUT2D eigenvalue weighted by molar-refractivity contribution is 6.14. The summed E-state index contributed by atoms with van der Waals surface area (Å²) in [6, 6.07) is 8.97. The molecule has 5 nitrogen and oxygen atoms in total. The van der Waals surface area contributed by atoms with Crippen LogP contribution in [0, 0.1) is 23.7 Å². The van der Waals surface area contributed by atoms with Crippen LogP contribution in [0.25, 0.3) is 0 Å². The van der Waals surface area contributed by atoms with E-state index in [0.29, 0.717) is 11.1 Å². The molecule has 1 aromatic rings. The van der Waals surface area contributed by atoms with Gasteiger partial charge in [-0.3, -0.25) is 9.59 Å². The van der Waals surface area contributed by atoms with Crippen LogP contribution in [0.15, 0.2) is 53.6 Å². The van der Waals surface area contributed by atoms with Gasteiger partial charge in [0.1, 0.15) is 12.6 Å². The summed E-state index contributed by atoms with van der Waals surface area (Å²) in [5, 5.41) is 0. The van der Waals surface area contributed by atoms with Gasteiger partial charge in [-0.2, -0.15) is 0 Å². The summed E-state index contributed by atoms with van der Waals surface area (Å²) in [5.74, 6) is -0.0559. The number of benzene rings is 1. The van der Waals surface area contributed by atoms with Crippen LogP contribution in [-0.2, 0) is 14.3 Å². The molecule has 26 heavy (non-hydrogen) atoms. The molecule has 5 heteroatoms. The first-order chi connectivity index (χ1) is 12.6. The predicted octanol–water partition coefficient (Wildman–Crippen LogP) is 3.04. The summed E-state index contributed by atoms with van der Waals surface area (Å²) in [6.07, 6.45) is 4.54. The lowest BCUT2D eigenvalue weighted by Gasteiger charge is -2.26. The van der Waals surface area contributed by atoms with Crippen molar-refractivity contribution in [2.24, 2.45) is 23.7 Å². The second-order valence-electron chi connectivity index (χ2n) is 7.58. The summed E-state index contributed by atoms with van der Waals surface area (Å²) in [4.78, 5) is 39.7. The number of cyclic esters (lactones) is 1. The zero-order valence-corrected chi connectivity index (χ0v) is 14.4. The van der Waals surface area contributed by atoms with Gasteiger partial charge >= 0.3 is 6.09 Å². The summed E-state index contributed by atoms with van der Waals surface area (Å²) >= 11 is 0. The van der Waals surface area contributed by atoms with Crippen molar-refractivity contribution in [1.29, 1.82) is 0 Å². The van der Waals surface area contributed by atoms with Crippen LogP contribution in [0.5, 0.6) is 0 Å². The molecule has 2 bridgehead atoms. The molecule has 1 saturated heterocycles. The van der Waals surface area contributed by atoms with Crippen LogP contribution in [0.1, 0.15) is 24.9 Å². The number of nitrogens with zero attached hydrogens (tertiary/aromatic N) is 1. The largest absolute Gasteiger partial charge is 0.446 e. The van der Waals surface area contributed by atoms with Crippen molar-refractivity contribution in [3.8, 4) is 0 Å². The Hall–Kier alpha value is -2.69. The lowest BCUT2D eigenvalue weighted by Crippen LogP contribution is -2.37. The highest BCUT2D eigenvalue weighted by Gasteiger charge is 2.57. The molecule has 1 aromatic carbocycles. The minimum atomic E-state index is -0.626. The van der Waals surface area contributed by atoms with E-state index in [1.165, 1.54) is 4.90 Å². The topological polar surface area (TPSA) is 63.7 Å². The molecular weight excluding hydrogens is 330 g/mol. The molecule has 0 unspecified atom stereocenters. The zero-order chi connectivity index (χ0) is 18.0.